The molecule has 0 radical (unpaired) electrons. The van der Waals surface area contributed by atoms with Crippen molar-refractivity contribution < 1.29 is 18.0 Å². The molecule has 0 amide bonds. The van der Waals surface area contributed by atoms with Crippen LogP contribution in [0, 0.1) is 5.92 Å². The van der Waals surface area contributed by atoms with Crippen molar-refractivity contribution >= 4 is 5.78 Å². The van der Waals surface area contributed by atoms with Crippen molar-refractivity contribution in [1.29, 1.82) is 0 Å². The van der Waals surface area contributed by atoms with Gasteiger partial charge in [-0.3, -0.25) is 4.79 Å². The molecule has 1 aromatic carbocycles. The Morgan fingerprint density at radius 1 is 1.18 bits per heavy atom. The predicted molar refractivity (Wildman–Crippen MR) is 55.6 cm³/mol. The van der Waals surface area contributed by atoms with Crippen LogP contribution in [0.4, 0.5) is 13.2 Å². The van der Waals surface area contributed by atoms with Crippen molar-refractivity contribution in [2.75, 3.05) is 0 Å². The van der Waals surface area contributed by atoms with Gasteiger partial charge in [-0.1, -0.05) is 6.07 Å². The normalized spacial score (nSPS) is 27.1. The van der Waals surface area contributed by atoms with E-state index >= 15 is 0 Å². The molecule has 1 fully saturated rings. The Kier molecular flexibility index (Phi) is 2.12. The number of hydrogen-bond acceptors (Lipinski definition) is 1. The summed E-state index contributed by atoms with van der Waals surface area (Å²) in [5.41, 5.74) is 0.887. The van der Waals surface area contributed by atoms with Gasteiger partial charge in [0.2, 0.25) is 0 Å². The number of hydrogen-bond donors (Lipinski definition) is 0. The Labute approximate surface area is 96.6 Å². The average Bonchev–Trinajstić information content (AvgIpc) is 2.51. The molecule has 0 N–H and O–H groups in total. The minimum Gasteiger partial charge on any atom is -0.299 e. The van der Waals surface area contributed by atoms with Crippen molar-refractivity contribution in [3.05, 3.63) is 34.9 Å². The fourth-order valence-corrected chi connectivity index (χ4v) is 3.00. The van der Waals surface area contributed by atoms with E-state index in [0.29, 0.717) is 18.4 Å². The van der Waals surface area contributed by atoms with Gasteiger partial charge in [0.25, 0.3) is 0 Å². The third-order valence-electron chi connectivity index (χ3n) is 3.86. The van der Waals surface area contributed by atoms with Crippen LogP contribution in [0.2, 0.25) is 0 Å². The largest absolute Gasteiger partial charge is 0.416 e. The van der Waals surface area contributed by atoms with Crippen LogP contribution < -0.4 is 0 Å². The lowest BCUT2D eigenvalue weighted by Gasteiger charge is -2.23. The molecule has 2 aliphatic rings. The van der Waals surface area contributed by atoms with Crippen LogP contribution in [0.3, 0.4) is 0 Å². The Bertz CT molecular complexity index is 490. The number of carbonyl (C=O) groups excluding carboxylic acids is 1. The topological polar surface area (TPSA) is 17.1 Å². The van der Waals surface area contributed by atoms with Crippen LogP contribution >= 0.6 is 0 Å². The molecule has 2 atom stereocenters. The van der Waals surface area contributed by atoms with Gasteiger partial charge in [-0.2, -0.15) is 13.2 Å². The van der Waals surface area contributed by atoms with Crippen molar-refractivity contribution in [2.45, 2.75) is 31.4 Å². The van der Waals surface area contributed by atoms with E-state index in [9.17, 15) is 18.0 Å². The molecular formula is C13H11F3O. The zero-order chi connectivity index (χ0) is 12.2. The maximum atomic E-state index is 12.6. The van der Waals surface area contributed by atoms with Gasteiger partial charge in [-0.25, -0.2) is 0 Å². The first-order valence-electron chi connectivity index (χ1n) is 5.70. The summed E-state index contributed by atoms with van der Waals surface area (Å²) in [5.74, 6) is -0.105. The van der Waals surface area contributed by atoms with E-state index in [1.807, 2.05) is 0 Å². The zero-order valence-corrected chi connectivity index (χ0v) is 9.05. The van der Waals surface area contributed by atoms with E-state index in [-0.39, 0.29) is 17.6 Å². The molecule has 0 unspecified atom stereocenters. The van der Waals surface area contributed by atoms with Crippen LogP contribution in [0.1, 0.15) is 35.4 Å². The summed E-state index contributed by atoms with van der Waals surface area (Å²) in [6.45, 7) is 0. The Balaban J connectivity index is 2.10. The zero-order valence-electron chi connectivity index (χ0n) is 9.05. The lowest BCUT2D eigenvalue weighted by molar-refractivity contribution is -0.137. The molecule has 1 aromatic rings. The molecule has 2 aliphatic carbocycles. The van der Waals surface area contributed by atoms with E-state index in [4.69, 9.17) is 0 Å². The van der Waals surface area contributed by atoms with E-state index in [1.54, 1.807) is 0 Å². The Morgan fingerprint density at radius 2 is 1.94 bits per heavy atom. The molecule has 2 bridgehead atoms. The minimum absolute atomic E-state index is 0.0456. The fraction of sp³-hybridized carbons (Fsp3) is 0.462. The van der Waals surface area contributed by atoms with E-state index in [1.165, 1.54) is 12.1 Å². The molecule has 0 heterocycles. The minimum atomic E-state index is -4.33. The summed E-state index contributed by atoms with van der Waals surface area (Å²) in [4.78, 5) is 11.8. The van der Waals surface area contributed by atoms with Gasteiger partial charge >= 0.3 is 6.18 Å². The number of rotatable bonds is 0. The lowest BCUT2D eigenvalue weighted by Crippen LogP contribution is -2.22. The number of fused-ring (bicyclic) bond motifs is 4. The lowest BCUT2D eigenvalue weighted by atomic mass is 9.81. The molecule has 0 aliphatic heterocycles. The number of halogens is 3. The molecule has 0 aromatic heterocycles. The molecule has 1 nitrogen and oxygen atoms in total. The highest BCUT2D eigenvalue weighted by Gasteiger charge is 2.41. The van der Waals surface area contributed by atoms with Crippen molar-refractivity contribution in [1.82, 2.24) is 0 Å². The van der Waals surface area contributed by atoms with Crippen LogP contribution in [0.25, 0.3) is 0 Å². The monoisotopic (exact) mass is 240 g/mol. The van der Waals surface area contributed by atoms with Gasteiger partial charge in [-0.05, 0) is 42.5 Å². The van der Waals surface area contributed by atoms with Crippen LogP contribution in [0.15, 0.2) is 18.2 Å². The molecule has 0 saturated heterocycles. The third kappa shape index (κ3) is 1.58. The average molecular weight is 240 g/mol. The van der Waals surface area contributed by atoms with Crippen molar-refractivity contribution in [3.63, 3.8) is 0 Å². The summed E-state index contributed by atoms with van der Waals surface area (Å²) in [7, 11) is 0. The van der Waals surface area contributed by atoms with Crippen LogP contribution in [-0.4, -0.2) is 5.78 Å². The molecule has 3 rings (SSSR count). The molecule has 90 valence electrons. The van der Waals surface area contributed by atoms with E-state index < -0.39 is 11.7 Å². The number of ketones is 1. The first-order valence-corrected chi connectivity index (χ1v) is 5.70. The van der Waals surface area contributed by atoms with Gasteiger partial charge < -0.3 is 0 Å². The molecule has 1 saturated carbocycles. The SMILES string of the molecule is O=C1[C@H]2CC[C@H]1c1cc(C(F)(F)F)ccc1C2. The number of alkyl halides is 3. The number of Topliss-reactive ketones (excluding diaryl/α,β-unsaturated/α-hetero) is 1. The standard InChI is InChI=1S/C13H11F3O/c14-13(15,16)9-3-1-7-5-8-2-4-10(12(8)17)11(7)6-9/h1,3,6,8,10H,2,4-5H2/t8-,10-/m0/s1. The summed E-state index contributed by atoms with van der Waals surface area (Å²) in [5, 5.41) is 0. The smallest absolute Gasteiger partial charge is 0.299 e. The summed E-state index contributed by atoms with van der Waals surface area (Å²) in [6, 6.07) is 3.82. The summed E-state index contributed by atoms with van der Waals surface area (Å²) < 4.78 is 37.8. The van der Waals surface area contributed by atoms with Crippen molar-refractivity contribution in [2.24, 2.45) is 5.92 Å². The fourth-order valence-electron chi connectivity index (χ4n) is 3.00. The van der Waals surface area contributed by atoms with E-state index in [0.717, 1.165) is 18.1 Å². The maximum Gasteiger partial charge on any atom is 0.416 e. The van der Waals surface area contributed by atoms with Gasteiger partial charge in [0.15, 0.2) is 0 Å². The molecular weight excluding hydrogens is 229 g/mol. The highest BCUT2D eigenvalue weighted by atomic mass is 19.4. The second kappa shape index (κ2) is 3.34. The summed E-state index contributed by atoms with van der Waals surface area (Å²) in [6.07, 6.45) is -2.19. The predicted octanol–water partition coefficient (Wildman–Crippen LogP) is 3.32. The number of carbonyl (C=O) groups is 1. The third-order valence-corrected chi connectivity index (χ3v) is 3.86. The number of benzene rings is 1. The van der Waals surface area contributed by atoms with Crippen LogP contribution in [0.5, 0.6) is 0 Å². The first kappa shape index (κ1) is 10.8. The second-order valence-electron chi connectivity index (χ2n) is 4.84. The summed E-state index contributed by atoms with van der Waals surface area (Å²) >= 11 is 0. The highest BCUT2D eigenvalue weighted by molar-refractivity contribution is 5.92. The van der Waals surface area contributed by atoms with Crippen LogP contribution in [-0.2, 0) is 17.4 Å². The molecule has 4 heteroatoms. The maximum absolute atomic E-state index is 12.6. The van der Waals surface area contributed by atoms with Crippen molar-refractivity contribution in [3.8, 4) is 0 Å². The molecule has 17 heavy (non-hydrogen) atoms. The quantitative estimate of drug-likeness (QED) is 0.679. The van der Waals surface area contributed by atoms with Gasteiger partial charge in [-0.15, -0.1) is 0 Å². The second-order valence-corrected chi connectivity index (χ2v) is 4.84. The first-order chi connectivity index (χ1) is 7.97. The highest BCUT2D eigenvalue weighted by Crippen LogP contribution is 2.44. The van der Waals surface area contributed by atoms with Gasteiger partial charge in [0.05, 0.1) is 5.56 Å². The van der Waals surface area contributed by atoms with E-state index in [2.05, 4.69) is 0 Å². The van der Waals surface area contributed by atoms with Gasteiger partial charge in [0.1, 0.15) is 5.78 Å². The van der Waals surface area contributed by atoms with Gasteiger partial charge in [0, 0.05) is 11.8 Å². The Hall–Kier alpha value is -1.32. The Morgan fingerprint density at radius 3 is 2.65 bits per heavy atom. The molecule has 0 spiro atoms.